The Morgan fingerprint density at radius 2 is 2.27 bits per heavy atom. The molecule has 1 aliphatic carbocycles. The van der Waals surface area contributed by atoms with Crippen molar-refractivity contribution in [1.82, 2.24) is 4.98 Å². The Bertz CT molecular complexity index is 529. The molecule has 1 aromatic rings. The quantitative estimate of drug-likeness (QED) is 0.906. The predicted molar refractivity (Wildman–Crippen MR) is 86.1 cm³/mol. The summed E-state index contributed by atoms with van der Waals surface area (Å²) < 4.78 is 11.0. The van der Waals surface area contributed by atoms with E-state index in [1.807, 2.05) is 19.9 Å². The molecule has 0 spiro atoms. The van der Waals surface area contributed by atoms with Gasteiger partial charge in [-0.1, -0.05) is 13.3 Å². The van der Waals surface area contributed by atoms with Gasteiger partial charge in [0.25, 0.3) is 5.91 Å². The Morgan fingerprint density at radius 1 is 1.50 bits per heavy atom. The number of pyridine rings is 1. The highest BCUT2D eigenvalue weighted by Crippen LogP contribution is 2.36. The van der Waals surface area contributed by atoms with E-state index in [-0.39, 0.29) is 5.91 Å². The Kier molecular flexibility index (Phi) is 5.40. The maximum absolute atomic E-state index is 12.8. The van der Waals surface area contributed by atoms with Gasteiger partial charge < -0.3 is 14.8 Å². The average Bonchev–Trinajstić information content (AvgIpc) is 2.49. The van der Waals surface area contributed by atoms with Gasteiger partial charge in [0.05, 0.1) is 18.5 Å². The van der Waals surface area contributed by atoms with Crippen LogP contribution in [-0.2, 0) is 9.53 Å². The fourth-order valence-corrected chi connectivity index (χ4v) is 3.20. The molecule has 0 bridgehead atoms. The van der Waals surface area contributed by atoms with E-state index >= 15 is 0 Å². The van der Waals surface area contributed by atoms with Gasteiger partial charge in [-0.25, -0.2) is 4.98 Å². The summed E-state index contributed by atoms with van der Waals surface area (Å²) in [5, 5.41) is 3.00. The summed E-state index contributed by atoms with van der Waals surface area (Å²) >= 11 is 0. The maximum atomic E-state index is 12.8. The summed E-state index contributed by atoms with van der Waals surface area (Å²) in [5.41, 5.74) is 0.741. The van der Waals surface area contributed by atoms with E-state index in [0.29, 0.717) is 24.1 Å². The summed E-state index contributed by atoms with van der Waals surface area (Å²) in [6, 6.07) is 3.57. The van der Waals surface area contributed by atoms with Crippen molar-refractivity contribution >= 4 is 11.6 Å². The van der Waals surface area contributed by atoms with Gasteiger partial charge in [0, 0.05) is 12.7 Å². The molecule has 0 aliphatic heterocycles. The molecule has 5 nitrogen and oxygen atoms in total. The van der Waals surface area contributed by atoms with Crippen molar-refractivity contribution in [2.75, 3.05) is 19.0 Å². The van der Waals surface area contributed by atoms with Crippen molar-refractivity contribution in [3.63, 3.8) is 0 Å². The fourth-order valence-electron chi connectivity index (χ4n) is 3.20. The van der Waals surface area contributed by atoms with Gasteiger partial charge in [0.2, 0.25) is 5.88 Å². The van der Waals surface area contributed by atoms with Crippen molar-refractivity contribution in [2.24, 2.45) is 5.92 Å². The lowest BCUT2D eigenvalue weighted by Gasteiger charge is -2.38. The number of ether oxygens (including phenoxy) is 2. The van der Waals surface area contributed by atoms with E-state index in [1.165, 1.54) is 0 Å². The molecule has 122 valence electrons. The monoisotopic (exact) mass is 306 g/mol. The number of rotatable bonds is 5. The van der Waals surface area contributed by atoms with E-state index in [9.17, 15) is 4.79 Å². The van der Waals surface area contributed by atoms with E-state index in [2.05, 4.69) is 17.2 Å². The molecule has 1 fully saturated rings. The van der Waals surface area contributed by atoms with Crippen LogP contribution in [-0.4, -0.2) is 30.2 Å². The van der Waals surface area contributed by atoms with Gasteiger partial charge in [-0.3, -0.25) is 4.79 Å². The Hall–Kier alpha value is -1.62. The number of nitrogens with zero attached hydrogens (tertiary/aromatic N) is 1. The summed E-state index contributed by atoms with van der Waals surface area (Å²) in [6.45, 7) is 6.52. The molecule has 0 aromatic carbocycles. The third-order valence-corrected chi connectivity index (χ3v) is 4.31. The lowest BCUT2D eigenvalue weighted by molar-refractivity contribution is -0.147. The molecule has 0 radical (unpaired) electrons. The van der Waals surface area contributed by atoms with Crippen LogP contribution in [0.5, 0.6) is 5.88 Å². The van der Waals surface area contributed by atoms with Crippen LogP contribution in [0.3, 0.4) is 0 Å². The first-order valence-electron chi connectivity index (χ1n) is 7.98. The first-order valence-corrected chi connectivity index (χ1v) is 7.98. The number of hydrogen-bond donors (Lipinski definition) is 1. The van der Waals surface area contributed by atoms with Crippen LogP contribution in [0.1, 0.15) is 45.2 Å². The minimum absolute atomic E-state index is 0.0593. The zero-order valence-electron chi connectivity index (χ0n) is 13.9. The van der Waals surface area contributed by atoms with E-state index in [4.69, 9.17) is 9.47 Å². The molecular formula is C17H26N2O3. The second kappa shape index (κ2) is 7.09. The van der Waals surface area contributed by atoms with Crippen LogP contribution in [0, 0.1) is 12.8 Å². The topological polar surface area (TPSA) is 60.5 Å². The molecule has 1 amide bonds. The van der Waals surface area contributed by atoms with E-state index in [1.54, 1.807) is 13.2 Å². The zero-order chi connectivity index (χ0) is 16.2. The smallest absolute Gasteiger partial charge is 0.256 e. The third kappa shape index (κ3) is 3.58. The minimum Gasteiger partial charge on any atom is -0.481 e. The van der Waals surface area contributed by atoms with Gasteiger partial charge in [0.15, 0.2) is 0 Å². The number of carbonyl (C=O) groups is 1. The first-order chi connectivity index (χ1) is 10.5. The minimum atomic E-state index is -0.710. The summed E-state index contributed by atoms with van der Waals surface area (Å²) in [4.78, 5) is 17.1. The number of methoxy groups -OCH3 is 1. The summed E-state index contributed by atoms with van der Waals surface area (Å²) in [6.07, 6.45) is 3.73. The highest BCUT2D eigenvalue weighted by molar-refractivity contribution is 5.97. The highest BCUT2D eigenvalue weighted by Gasteiger charge is 2.42. The predicted octanol–water partition coefficient (Wildman–Crippen LogP) is 3.32. The second-order valence-electron chi connectivity index (χ2n) is 6.07. The summed E-state index contributed by atoms with van der Waals surface area (Å²) in [7, 11) is 1.58. The largest absolute Gasteiger partial charge is 0.481 e. The van der Waals surface area contributed by atoms with E-state index < -0.39 is 5.60 Å². The van der Waals surface area contributed by atoms with Crippen LogP contribution < -0.4 is 10.1 Å². The zero-order valence-corrected chi connectivity index (χ0v) is 13.9. The highest BCUT2D eigenvalue weighted by atomic mass is 16.5. The average molecular weight is 306 g/mol. The molecule has 0 unspecified atom stereocenters. The van der Waals surface area contributed by atoms with Gasteiger partial charge >= 0.3 is 0 Å². The van der Waals surface area contributed by atoms with Gasteiger partial charge in [-0.2, -0.15) is 0 Å². The molecule has 5 heteroatoms. The molecule has 1 heterocycles. The van der Waals surface area contributed by atoms with Crippen LogP contribution >= 0.6 is 0 Å². The van der Waals surface area contributed by atoms with Crippen molar-refractivity contribution in [1.29, 1.82) is 0 Å². The fraction of sp³-hybridized carbons (Fsp3) is 0.647. The molecule has 2 rings (SSSR count). The molecule has 1 aliphatic rings. The SMILES string of the molecule is CCO[C@@]1(C(=O)Nc2ccc(OC)nc2C)CCC[C@H](C)C1. The lowest BCUT2D eigenvalue weighted by Crippen LogP contribution is -2.48. The lowest BCUT2D eigenvalue weighted by atomic mass is 9.78. The van der Waals surface area contributed by atoms with Crippen LogP contribution in [0.2, 0.25) is 0 Å². The van der Waals surface area contributed by atoms with Crippen LogP contribution in [0.15, 0.2) is 12.1 Å². The molecule has 1 N–H and O–H groups in total. The number of amides is 1. The van der Waals surface area contributed by atoms with E-state index in [0.717, 1.165) is 31.4 Å². The number of nitrogens with one attached hydrogen (secondary N) is 1. The van der Waals surface area contributed by atoms with Crippen LogP contribution in [0.25, 0.3) is 0 Å². The number of aryl methyl sites for hydroxylation is 1. The second-order valence-corrected chi connectivity index (χ2v) is 6.07. The maximum Gasteiger partial charge on any atom is 0.256 e. The Balaban J connectivity index is 2.18. The van der Waals surface area contributed by atoms with Crippen molar-refractivity contribution in [3.05, 3.63) is 17.8 Å². The number of carbonyl (C=O) groups excluding carboxylic acids is 1. The van der Waals surface area contributed by atoms with Crippen molar-refractivity contribution in [2.45, 2.75) is 52.1 Å². The normalized spacial score (nSPS) is 24.8. The molecule has 1 saturated carbocycles. The molecule has 22 heavy (non-hydrogen) atoms. The Morgan fingerprint density at radius 3 is 2.86 bits per heavy atom. The Labute approximate surface area is 132 Å². The number of anilines is 1. The van der Waals surface area contributed by atoms with Gasteiger partial charge in [0.1, 0.15) is 5.60 Å². The van der Waals surface area contributed by atoms with Gasteiger partial charge in [-0.15, -0.1) is 0 Å². The first kappa shape index (κ1) is 16.7. The van der Waals surface area contributed by atoms with Crippen LogP contribution in [0.4, 0.5) is 5.69 Å². The van der Waals surface area contributed by atoms with Gasteiger partial charge in [-0.05, 0) is 45.1 Å². The number of hydrogen-bond acceptors (Lipinski definition) is 4. The third-order valence-electron chi connectivity index (χ3n) is 4.31. The van der Waals surface area contributed by atoms with Crippen molar-refractivity contribution < 1.29 is 14.3 Å². The molecule has 2 atom stereocenters. The standard InChI is InChI=1S/C17H26N2O3/c1-5-22-17(10-6-7-12(2)11-17)16(20)19-14-8-9-15(21-4)18-13(14)3/h8-9,12H,5-7,10-11H2,1-4H3,(H,19,20)/t12-,17-/m0/s1. The number of aromatic nitrogens is 1. The molecular weight excluding hydrogens is 280 g/mol. The summed E-state index contributed by atoms with van der Waals surface area (Å²) in [5.74, 6) is 0.985. The molecule has 1 aromatic heterocycles. The van der Waals surface area contributed by atoms with Crippen molar-refractivity contribution in [3.8, 4) is 5.88 Å². The molecule has 0 saturated heterocycles.